The number of ether oxygens (including phenoxy) is 1. The molecule has 54 heavy (non-hydrogen) atoms. The van der Waals surface area contributed by atoms with Gasteiger partial charge in [-0.15, -0.1) is 0 Å². The number of carbonyl (C=O) groups is 4. The maximum absolute atomic E-state index is 14.2. The molecule has 0 aliphatic heterocycles. The molecule has 1 amide bonds. The third-order valence-electron chi connectivity index (χ3n) is 16.5. The van der Waals surface area contributed by atoms with Crippen LogP contribution in [0.1, 0.15) is 139 Å². The molecule has 5 aliphatic carbocycles. The van der Waals surface area contributed by atoms with Crippen molar-refractivity contribution in [3.63, 3.8) is 0 Å². The summed E-state index contributed by atoms with van der Waals surface area (Å²) in [6, 6.07) is 7.87. The highest BCUT2D eigenvalue weighted by Gasteiger charge is 2.70. The van der Waals surface area contributed by atoms with Crippen LogP contribution in [0.2, 0.25) is 5.02 Å². The summed E-state index contributed by atoms with van der Waals surface area (Å²) in [5.74, 6) is 0.231. The second-order valence-electron chi connectivity index (χ2n) is 20.5. The van der Waals surface area contributed by atoms with Gasteiger partial charge in [-0.05, 0) is 135 Å². The van der Waals surface area contributed by atoms with Crippen molar-refractivity contribution in [1.82, 2.24) is 4.90 Å². The van der Waals surface area contributed by atoms with Crippen LogP contribution in [0.25, 0.3) is 0 Å². The van der Waals surface area contributed by atoms with E-state index in [4.69, 9.17) is 16.3 Å². The van der Waals surface area contributed by atoms with Gasteiger partial charge in [0.05, 0.1) is 11.8 Å². The van der Waals surface area contributed by atoms with Crippen molar-refractivity contribution in [3.8, 4) is 0 Å². The molecule has 0 heterocycles. The molecule has 8 atom stereocenters. The van der Waals surface area contributed by atoms with E-state index in [2.05, 4.69) is 48.5 Å². The molecule has 6 rings (SSSR count). The standard InChI is InChI=1S/C46H66ClNO6/c1-28(2)38-33(50)25-46(27-48(29(3)49)24-19-30-11-13-31(47)14-12-30)23-22-44(9)32(39(38)46)15-16-35-43(8)20-18-36(54-37(51)26-41(4,5)40(52)53)42(6,7)34(43)17-21-45(35,44)10/h11-14,28,32,34-36H,15-27H2,1-10H3,(H,52,53). The Kier molecular flexibility index (Phi) is 10.7. The number of hydrogen-bond donors (Lipinski definition) is 1. The highest BCUT2D eigenvalue weighted by atomic mass is 35.5. The first-order chi connectivity index (χ1) is 25.0. The molecular formula is C46H66ClNO6. The average Bonchev–Trinajstić information content (AvgIpc) is 3.37. The fourth-order valence-electron chi connectivity index (χ4n) is 13.4. The van der Waals surface area contributed by atoms with Crippen LogP contribution in [-0.4, -0.2) is 52.8 Å². The lowest BCUT2D eigenvalue weighted by Gasteiger charge is -2.72. The molecule has 0 saturated heterocycles. The van der Waals surface area contributed by atoms with Gasteiger partial charge in [-0.25, -0.2) is 0 Å². The zero-order valence-corrected chi connectivity index (χ0v) is 35.5. The second-order valence-corrected chi connectivity index (χ2v) is 20.9. The Morgan fingerprint density at radius 3 is 2.20 bits per heavy atom. The molecular weight excluding hydrogens is 698 g/mol. The van der Waals surface area contributed by atoms with Gasteiger partial charge in [0, 0.05) is 42.3 Å². The lowest BCUT2D eigenvalue weighted by molar-refractivity contribution is -0.233. The summed E-state index contributed by atoms with van der Waals surface area (Å²) in [5, 5.41) is 10.3. The fraction of sp³-hybridized carbons (Fsp3) is 0.739. The molecule has 0 aromatic heterocycles. The molecule has 5 aliphatic rings. The molecule has 4 fully saturated rings. The average molecular weight is 764 g/mol. The SMILES string of the molecule is CC(=O)N(CCc1ccc(Cl)cc1)CC12CCC3(C)C(CCC4C5(C)CCC(OC(=O)CC(C)(C)C(=O)O)C(C)(C)C5CCC43C)C1=C(C(C)C)C(=O)C2. The number of hydrogen-bond acceptors (Lipinski definition) is 5. The van der Waals surface area contributed by atoms with Crippen molar-refractivity contribution in [2.45, 2.75) is 146 Å². The van der Waals surface area contributed by atoms with Crippen molar-refractivity contribution in [1.29, 1.82) is 0 Å². The molecule has 1 aromatic rings. The molecule has 0 bridgehead atoms. The van der Waals surface area contributed by atoms with Crippen molar-refractivity contribution < 1.29 is 29.0 Å². The van der Waals surface area contributed by atoms with Gasteiger partial charge in [0.25, 0.3) is 0 Å². The first kappa shape index (κ1) is 41.0. The Balaban J connectivity index is 1.28. The first-order valence-corrected chi connectivity index (χ1v) is 21.1. The Hall–Kier alpha value is -2.67. The number of rotatable bonds is 10. The lowest BCUT2D eigenvalue weighted by Crippen LogP contribution is -2.66. The summed E-state index contributed by atoms with van der Waals surface area (Å²) >= 11 is 6.15. The normalized spacial score (nSPS) is 35.8. The van der Waals surface area contributed by atoms with E-state index >= 15 is 0 Å². The number of amides is 1. The van der Waals surface area contributed by atoms with Gasteiger partial charge in [0.15, 0.2) is 5.78 Å². The molecule has 1 N–H and O–H groups in total. The summed E-state index contributed by atoms with van der Waals surface area (Å²) < 4.78 is 6.18. The number of carboxylic acid groups (broad SMARTS) is 1. The van der Waals surface area contributed by atoms with Crippen molar-refractivity contribution >= 4 is 35.2 Å². The Morgan fingerprint density at radius 1 is 0.926 bits per heavy atom. The minimum atomic E-state index is -1.17. The summed E-state index contributed by atoms with van der Waals surface area (Å²) in [5.41, 5.74) is 1.98. The summed E-state index contributed by atoms with van der Waals surface area (Å²) in [6.45, 7) is 22.6. The number of fused-ring (bicyclic) bond motifs is 7. The second kappa shape index (κ2) is 14.1. The summed E-state index contributed by atoms with van der Waals surface area (Å²) in [7, 11) is 0. The van der Waals surface area contributed by atoms with Gasteiger partial charge in [-0.2, -0.15) is 0 Å². The summed E-state index contributed by atoms with van der Waals surface area (Å²) in [4.78, 5) is 54.4. The number of benzene rings is 1. The van der Waals surface area contributed by atoms with Gasteiger partial charge < -0.3 is 14.7 Å². The molecule has 4 saturated carbocycles. The Labute approximate surface area is 329 Å². The first-order valence-electron chi connectivity index (χ1n) is 20.7. The Morgan fingerprint density at radius 2 is 1.59 bits per heavy atom. The molecule has 8 unspecified atom stereocenters. The van der Waals surface area contributed by atoms with Gasteiger partial charge in [0.1, 0.15) is 6.10 Å². The third kappa shape index (κ3) is 6.58. The molecule has 0 radical (unpaired) electrons. The number of esters is 1. The molecule has 298 valence electrons. The van der Waals surface area contributed by atoms with E-state index in [9.17, 15) is 24.3 Å². The largest absolute Gasteiger partial charge is 0.481 e. The van der Waals surface area contributed by atoms with Crippen LogP contribution in [0, 0.1) is 56.2 Å². The number of carboxylic acids is 1. The minimum absolute atomic E-state index is 0.00766. The molecule has 8 heteroatoms. The summed E-state index contributed by atoms with van der Waals surface area (Å²) in [6.07, 6.45) is 8.88. The lowest BCUT2D eigenvalue weighted by atomic mass is 9.33. The monoisotopic (exact) mass is 763 g/mol. The van der Waals surface area contributed by atoms with Crippen LogP contribution in [0.4, 0.5) is 0 Å². The molecule has 7 nitrogen and oxygen atoms in total. The smallest absolute Gasteiger partial charge is 0.309 e. The van der Waals surface area contributed by atoms with E-state index < -0.39 is 17.4 Å². The number of aliphatic carboxylic acids is 1. The zero-order valence-electron chi connectivity index (χ0n) is 34.7. The van der Waals surface area contributed by atoms with Crippen LogP contribution in [-0.2, 0) is 30.3 Å². The highest BCUT2D eigenvalue weighted by molar-refractivity contribution is 6.30. The van der Waals surface area contributed by atoms with Crippen LogP contribution in [0.3, 0.4) is 0 Å². The van der Waals surface area contributed by atoms with E-state index in [1.807, 2.05) is 29.2 Å². The van der Waals surface area contributed by atoms with Crippen LogP contribution in [0.15, 0.2) is 35.4 Å². The third-order valence-corrected chi connectivity index (χ3v) is 16.7. The number of Topliss-reactive ketones (excluding diaryl/α,β-unsaturated/α-hetero) is 1. The van der Waals surface area contributed by atoms with E-state index in [0.29, 0.717) is 42.3 Å². The molecule has 0 spiro atoms. The quantitative estimate of drug-likeness (QED) is 0.238. The van der Waals surface area contributed by atoms with Crippen molar-refractivity contribution in [3.05, 3.63) is 46.0 Å². The Bertz CT molecular complexity index is 1710. The number of ketones is 1. The highest BCUT2D eigenvalue weighted by Crippen LogP contribution is 2.76. The van der Waals surface area contributed by atoms with E-state index in [0.717, 1.165) is 68.9 Å². The predicted octanol–water partition coefficient (Wildman–Crippen LogP) is 10.1. The maximum Gasteiger partial charge on any atom is 0.309 e. The van der Waals surface area contributed by atoms with Crippen LogP contribution < -0.4 is 0 Å². The van der Waals surface area contributed by atoms with Crippen molar-refractivity contribution in [2.24, 2.45) is 56.2 Å². The topological polar surface area (TPSA) is 101 Å². The van der Waals surface area contributed by atoms with Gasteiger partial charge in [-0.1, -0.05) is 77.8 Å². The number of carbonyl (C=O) groups excluding carboxylic acids is 3. The predicted molar refractivity (Wildman–Crippen MR) is 213 cm³/mol. The number of halogens is 1. The van der Waals surface area contributed by atoms with Gasteiger partial charge in [-0.3, -0.25) is 19.2 Å². The number of allylic oxidation sites excluding steroid dienone is 1. The fourth-order valence-corrected chi connectivity index (χ4v) is 13.5. The van der Waals surface area contributed by atoms with E-state index in [1.165, 1.54) is 5.57 Å². The molecule has 1 aromatic carbocycles. The van der Waals surface area contributed by atoms with E-state index in [-0.39, 0.29) is 57.2 Å². The maximum atomic E-state index is 14.2. The van der Waals surface area contributed by atoms with Gasteiger partial charge >= 0.3 is 11.9 Å². The number of nitrogens with zero attached hydrogens (tertiary/aromatic N) is 1. The van der Waals surface area contributed by atoms with E-state index in [1.54, 1.807) is 20.8 Å². The van der Waals surface area contributed by atoms with Gasteiger partial charge in [0.2, 0.25) is 5.91 Å². The minimum Gasteiger partial charge on any atom is -0.481 e. The van der Waals surface area contributed by atoms with Crippen LogP contribution in [0.5, 0.6) is 0 Å². The zero-order chi connectivity index (χ0) is 39.8. The van der Waals surface area contributed by atoms with Crippen LogP contribution >= 0.6 is 11.6 Å². The van der Waals surface area contributed by atoms with Crippen molar-refractivity contribution in [2.75, 3.05) is 13.1 Å².